The van der Waals surface area contributed by atoms with Crippen molar-refractivity contribution in [3.05, 3.63) is 191 Å². The zero-order valence-electron chi connectivity index (χ0n) is 31.8. The van der Waals surface area contributed by atoms with E-state index in [2.05, 4.69) is 75.9 Å². The van der Waals surface area contributed by atoms with Gasteiger partial charge in [-0.1, -0.05) is 91.0 Å². The second-order valence-electron chi connectivity index (χ2n) is 15.8. The van der Waals surface area contributed by atoms with Crippen LogP contribution in [0.15, 0.2) is 152 Å². The Kier molecular flexibility index (Phi) is 7.02. The largest absolute Gasteiger partial charge is 0.417 e. The minimum Gasteiger partial charge on any atom is -0.308 e. The third-order valence-corrected chi connectivity index (χ3v) is 12.6. The molecule has 0 unspecified atom stereocenters. The standard InChI is InChI=1S/C53H29F3N4/c54-53(55,56)46-19-30(28-57)17-18-38(46)35-24-49(59-47-15-7-5-13-39(47)43-22-33-20-31-9-1-3-11-36(31)41(33)26-51(43)59)45(29-58)50(25-35)60-48-16-8-6-14-40(48)44-23-34-21-32-10-2-4-12-37(32)42(34)27-52(44)60/h1-19,22-27H,20-21H2. The van der Waals surface area contributed by atoms with Crippen molar-refractivity contribution < 1.29 is 13.2 Å². The molecule has 0 saturated heterocycles. The van der Waals surface area contributed by atoms with Gasteiger partial charge in [-0.2, -0.15) is 23.7 Å². The number of hydrogen-bond donors (Lipinski definition) is 0. The van der Waals surface area contributed by atoms with Crippen molar-refractivity contribution in [2.24, 2.45) is 0 Å². The first-order valence-corrected chi connectivity index (χ1v) is 19.8. The van der Waals surface area contributed by atoms with E-state index in [-0.39, 0.29) is 16.7 Å². The predicted molar refractivity (Wildman–Crippen MR) is 231 cm³/mol. The molecule has 0 amide bonds. The van der Waals surface area contributed by atoms with Crippen LogP contribution >= 0.6 is 0 Å². The third kappa shape index (κ3) is 4.78. The SMILES string of the molecule is N#Cc1ccc(-c2cc(-n3c4ccccc4c4cc5c(cc43)-c3ccccc3C5)c(C#N)c(-n3c4ccccc4c4cc5c(cc43)-c3ccccc3C5)c2)c(C(F)(F)F)c1. The molecule has 0 atom stereocenters. The molecule has 60 heavy (non-hydrogen) atoms. The highest BCUT2D eigenvalue weighted by Gasteiger charge is 2.35. The Morgan fingerprint density at radius 1 is 0.433 bits per heavy atom. The highest BCUT2D eigenvalue weighted by molar-refractivity contribution is 6.13. The van der Waals surface area contributed by atoms with Crippen LogP contribution in [-0.2, 0) is 19.0 Å². The van der Waals surface area contributed by atoms with Crippen LogP contribution in [0.1, 0.15) is 38.9 Å². The van der Waals surface area contributed by atoms with E-state index in [4.69, 9.17) is 0 Å². The lowest BCUT2D eigenvalue weighted by Crippen LogP contribution is -2.09. The number of fused-ring (bicyclic) bond motifs is 12. The molecule has 2 aromatic heterocycles. The van der Waals surface area contributed by atoms with Crippen LogP contribution in [0, 0.1) is 22.7 Å². The van der Waals surface area contributed by atoms with Crippen LogP contribution in [0.2, 0.25) is 0 Å². The van der Waals surface area contributed by atoms with E-state index in [1.54, 1.807) is 12.1 Å². The molecule has 10 aromatic rings. The summed E-state index contributed by atoms with van der Waals surface area (Å²) in [6, 6.07) is 53.1. The molecule has 2 aliphatic rings. The zero-order valence-corrected chi connectivity index (χ0v) is 31.8. The maximum atomic E-state index is 15.1. The number of para-hydroxylation sites is 2. The second-order valence-corrected chi connectivity index (χ2v) is 15.8. The number of benzene rings is 8. The molecule has 2 aliphatic carbocycles. The minimum absolute atomic E-state index is 0.0836. The van der Waals surface area contributed by atoms with Crippen molar-refractivity contribution >= 4 is 43.6 Å². The van der Waals surface area contributed by atoms with Crippen LogP contribution in [0.4, 0.5) is 13.2 Å². The molecule has 0 N–H and O–H groups in total. The van der Waals surface area contributed by atoms with Crippen molar-refractivity contribution in [3.63, 3.8) is 0 Å². The first kappa shape index (κ1) is 34.2. The first-order chi connectivity index (χ1) is 29.3. The number of halogens is 3. The molecule has 0 spiro atoms. The summed E-state index contributed by atoms with van der Waals surface area (Å²) >= 11 is 0. The van der Waals surface area contributed by atoms with Crippen molar-refractivity contribution in [2.75, 3.05) is 0 Å². The van der Waals surface area contributed by atoms with Gasteiger partial charge in [-0.05, 0) is 129 Å². The maximum Gasteiger partial charge on any atom is 0.417 e. The van der Waals surface area contributed by atoms with Gasteiger partial charge in [0.25, 0.3) is 0 Å². The zero-order chi connectivity index (χ0) is 40.4. The topological polar surface area (TPSA) is 57.4 Å². The summed E-state index contributed by atoms with van der Waals surface area (Å²) < 4.78 is 49.4. The molecule has 282 valence electrons. The fraction of sp³-hybridized carbons (Fsp3) is 0.0566. The molecule has 8 aromatic carbocycles. The quantitative estimate of drug-likeness (QED) is 0.179. The van der Waals surface area contributed by atoms with Gasteiger partial charge in [-0.15, -0.1) is 0 Å². The Labute approximate surface area is 341 Å². The average molecular weight is 779 g/mol. The number of nitriles is 2. The van der Waals surface area contributed by atoms with Crippen LogP contribution < -0.4 is 0 Å². The van der Waals surface area contributed by atoms with Gasteiger partial charge in [0, 0.05) is 21.5 Å². The van der Waals surface area contributed by atoms with Crippen LogP contribution in [0.3, 0.4) is 0 Å². The summed E-state index contributed by atoms with van der Waals surface area (Å²) in [6.07, 6.45) is -3.17. The van der Waals surface area contributed by atoms with Gasteiger partial charge in [0.05, 0.1) is 50.6 Å². The number of nitrogens with zero attached hydrogens (tertiary/aromatic N) is 4. The van der Waals surface area contributed by atoms with E-state index >= 15 is 13.2 Å². The highest BCUT2D eigenvalue weighted by atomic mass is 19.4. The van der Waals surface area contributed by atoms with Crippen molar-refractivity contribution in [3.8, 4) is 56.9 Å². The molecule has 0 radical (unpaired) electrons. The molecule has 0 bridgehead atoms. The number of rotatable bonds is 3. The molecule has 0 aliphatic heterocycles. The van der Waals surface area contributed by atoms with Crippen LogP contribution in [0.25, 0.3) is 88.4 Å². The second kappa shape index (κ2) is 12.3. The first-order valence-electron chi connectivity index (χ1n) is 19.8. The third-order valence-electron chi connectivity index (χ3n) is 12.6. The molecular weight excluding hydrogens is 750 g/mol. The van der Waals surface area contributed by atoms with Gasteiger partial charge >= 0.3 is 6.18 Å². The van der Waals surface area contributed by atoms with E-state index in [1.165, 1.54) is 34.4 Å². The van der Waals surface area contributed by atoms with Crippen molar-refractivity contribution in [1.82, 2.24) is 9.13 Å². The summed E-state index contributed by atoms with van der Waals surface area (Å²) in [5, 5.41) is 25.1. The van der Waals surface area contributed by atoms with Gasteiger partial charge in [-0.3, -0.25) is 0 Å². The Bertz CT molecular complexity index is 3430. The number of hydrogen-bond acceptors (Lipinski definition) is 2. The lowest BCUT2D eigenvalue weighted by atomic mass is 9.94. The normalized spacial score (nSPS) is 12.8. The van der Waals surface area contributed by atoms with Gasteiger partial charge in [0.1, 0.15) is 11.6 Å². The van der Waals surface area contributed by atoms with Gasteiger partial charge in [0.2, 0.25) is 0 Å². The van der Waals surface area contributed by atoms with E-state index in [9.17, 15) is 10.5 Å². The van der Waals surface area contributed by atoms with Crippen molar-refractivity contribution in [2.45, 2.75) is 19.0 Å². The van der Waals surface area contributed by atoms with Crippen LogP contribution in [-0.4, -0.2) is 9.13 Å². The van der Waals surface area contributed by atoms with Crippen LogP contribution in [0.5, 0.6) is 0 Å². The van der Waals surface area contributed by atoms with E-state index < -0.39 is 11.7 Å². The Morgan fingerprint density at radius 3 is 1.43 bits per heavy atom. The molecule has 2 heterocycles. The average Bonchev–Trinajstić information content (AvgIpc) is 4.01. The number of aromatic nitrogens is 2. The molecule has 7 heteroatoms. The lowest BCUT2D eigenvalue weighted by Gasteiger charge is -2.20. The molecule has 4 nitrogen and oxygen atoms in total. The van der Waals surface area contributed by atoms with Gasteiger partial charge in [0.15, 0.2) is 0 Å². The molecular formula is C53H29F3N4. The summed E-state index contributed by atoms with van der Waals surface area (Å²) in [6.45, 7) is 0. The smallest absolute Gasteiger partial charge is 0.308 e. The van der Waals surface area contributed by atoms with Gasteiger partial charge in [-0.25, -0.2) is 0 Å². The van der Waals surface area contributed by atoms with Crippen molar-refractivity contribution in [1.29, 1.82) is 10.5 Å². The van der Waals surface area contributed by atoms with E-state index in [1.807, 2.05) is 66.7 Å². The Balaban J connectivity index is 1.24. The molecule has 0 fully saturated rings. The fourth-order valence-corrected chi connectivity index (χ4v) is 10.1. The summed E-state index contributed by atoms with van der Waals surface area (Å²) in [7, 11) is 0. The van der Waals surface area contributed by atoms with Gasteiger partial charge < -0.3 is 9.13 Å². The maximum absolute atomic E-state index is 15.1. The monoisotopic (exact) mass is 778 g/mol. The lowest BCUT2D eigenvalue weighted by molar-refractivity contribution is -0.137. The highest BCUT2D eigenvalue weighted by Crippen LogP contribution is 2.47. The number of alkyl halides is 3. The fourth-order valence-electron chi connectivity index (χ4n) is 10.1. The Morgan fingerprint density at radius 2 is 0.933 bits per heavy atom. The minimum atomic E-state index is -4.77. The summed E-state index contributed by atoms with van der Waals surface area (Å²) in [4.78, 5) is 0. The summed E-state index contributed by atoms with van der Waals surface area (Å²) in [5.41, 5.74) is 13.1. The van der Waals surface area contributed by atoms with E-state index in [0.717, 1.165) is 84.8 Å². The van der Waals surface area contributed by atoms with E-state index in [0.29, 0.717) is 16.9 Å². The predicted octanol–water partition coefficient (Wildman–Crippen LogP) is 13.5. The summed E-state index contributed by atoms with van der Waals surface area (Å²) in [5.74, 6) is 0. The molecule has 0 saturated carbocycles. The molecule has 12 rings (SSSR count). The Hall–Kier alpha value is -7.87.